The molecule has 2 heterocycles. The third-order valence-electron chi connectivity index (χ3n) is 4.22. The molecule has 1 fully saturated rings. The summed E-state index contributed by atoms with van der Waals surface area (Å²) in [6.07, 6.45) is -0.173. The van der Waals surface area contributed by atoms with Crippen molar-refractivity contribution in [2.45, 2.75) is 25.4 Å². The monoisotopic (exact) mass is 331 g/mol. The van der Waals surface area contributed by atoms with Gasteiger partial charge in [-0.1, -0.05) is 6.07 Å². The summed E-state index contributed by atoms with van der Waals surface area (Å²) in [5.74, 6) is -0.544. The molecule has 8 nitrogen and oxygen atoms in total. The molecular formula is C16H17N3O5. The highest BCUT2D eigenvalue weighted by atomic mass is 16.5. The van der Waals surface area contributed by atoms with E-state index in [0.29, 0.717) is 17.9 Å². The number of hydrogen-bond acceptors (Lipinski definition) is 5. The van der Waals surface area contributed by atoms with Gasteiger partial charge in [-0.3, -0.25) is 19.7 Å². The van der Waals surface area contributed by atoms with E-state index >= 15 is 0 Å². The summed E-state index contributed by atoms with van der Waals surface area (Å²) in [4.78, 5) is 49.4. The first-order valence-corrected chi connectivity index (χ1v) is 7.44. The van der Waals surface area contributed by atoms with E-state index in [1.165, 1.54) is 18.9 Å². The molecule has 2 N–H and O–H groups in total. The lowest BCUT2D eigenvalue weighted by molar-refractivity contribution is -0.129. The highest BCUT2D eigenvalue weighted by molar-refractivity contribution is 6.09. The van der Waals surface area contributed by atoms with Crippen LogP contribution in [0.5, 0.6) is 5.75 Å². The van der Waals surface area contributed by atoms with E-state index < -0.39 is 17.5 Å². The number of benzene rings is 1. The van der Waals surface area contributed by atoms with Crippen LogP contribution in [0.25, 0.3) is 0 Å². The van der Waals surface area contributed by atoms with Gasteiger partial charge in [0.15, 0.2) is 0 Å². The lowest BCUT2D eigenvalue weighted by atomic mass is 9.92. The van der Waals surface area contributed by atoms with Crippen molar-refractivity contribution in [3.63, 3.8) is 0 Å². The fourth-order valence-corrected chi connectivity index (χ4v) is 3.17. The molecule has 8 heteroatoms. The average molecular weight is 331 g/mol. The van der Waals surface area contributed by atoms with Gasteiger partial charge in [-0.05, 0) is 24.6 Å². The van der Waals surface area contributed by atoms with Gasteiger partial charge in [-0.2, -0.15) is 0 Å². The summed E-state index contributed by atoms with van der Waals surface area (Å²) >= 11 is 0. The number of hydrogen-bond donors (Lipinski definition) is 2. The standard InChI is InChI=1S/C16H17N3O5/c1-9(20)6-16(14(22)17-15(23)18-16)8-19-7-10-3-4-11(24-2)5-12(10)13(19)21/h3-5H,6-8H2,1-2H3,(H2,17,18,22,23). The number of ketones is 1. The first kappa shape index (κ1) is 16.0. The Morgan fingerprint density at radius 1 is 1.33 bits per heavy atom. The first-order chi connectivity index (χ1) is 11.3. The fourth-order valence-electron chi connectivity index (χ4n) is 3.17. The second-order valence-corrected chi connectivity index (χ2v) is 6.05. The van der Waals surface area contributed by atoms with Crippen molar-refractivity contribution in [1.82, 2.24) is 15.5 Å². The Morgan fingerprint density at radius 3 is 2.67 bits per heavy atom. The summed E-state index contributed by atoms with van der Waals surface area (Å²) in [7, 11) is 1.51. The van der Waals surface area contributed by atoms with Crippen LogP contribution in [0.15, 0.2) is 18.2 Å². The van der Waals surface area contributed by atoms with Crippen molar-refractivity contribution >= 4 is 23.6 Å². The SMILES string of the molecule is COc1ccc2c(c1)C(=O)N(CC1(CC(C)=O)NC(=O)NC1=O)C2. The Kier molecular flexibility index (Phi) is 3.75. The highest BCUT2D eigenvalue weighted by Crippen LogP contribution is 2.29. The van der Waals surface area contributed by atoms with Gasteiger partial charge in [0.1, 0.15) is 17.1 Å². The molecule has 1 aromatic carbocycles. The summed E-state index contributed by atoms with van der Waals surface area (Å²) in [5, 5.41) is 4.65. The van der Waals surface area contributed by atoms with Gasteiger partial charge in [0.25, 0.3) is 11.8 Å². The van der Waals surface area contributed by atoms with E-state index in [2.05, 4.69) is 10.6 Å². The van der Waals surface area contributed by atoms with Crippen molar-refractivity contribution < 1.29 is 23.9 Å². The molecule has 0 bridgehead atoms. The van der Waals surface area contributed by atoms with Crippen molar-refractivity contribution in [2.75, 3.05) is 13.7 Å². The van der Waals surface area contributed by atoms with E-state index in [1.807, 2.05) is 0 Å². The zero-order valence-electron chi connectivity index (χ0n) is 13.3. The molecule has 1 unspecified atom stereocenters. The second-order valence-electron chi connectivity index (χ2n) is 6.05. The molecule has 0 aromatic heterocycles. The summed E-state index contributed by atoms with van der Waals surface area (Å²) in [5.41, 5.74) is -0.120. The van der Waals surface area contributed by atoms with E-state index in [-0.39, 0.29) is 24.7 Å². The topological polar surface area (TPSA) is 105 Å². The second kappa shape index (κ2) is 5.63. The molecule has 1 aromatic rings. The molecule has 2 aliphatic heterocycles. The number of rotatable bonds is 5. The molecule has 0 radical (unpaired) electrons. The van der Waals surface area contributed by atoms with Crippen LogP contribution in [0.4, 0.5) is 4.79 Å². The maximum atomic E-state index is 12.6. The Balaban J connectivity index is 1.87. The van der Waals surface area contributed by atoms with E-state index in [0.717, 1.165) is 5.56 Å². The number of carbonyl (C=O) groups is 4. The van der Waals surface area contributed by atoms with Gasteiger partial charge in [-0.15, -0.1) is 0 Å². The predicted octanol–water partition coefficient (Wildman–Crippen LogP) is 0.208. The van der Waals surface area contributed by atoms with Crippen molar-refractivity contribution in [1.29, 1.82) is 0 Å². The molecule has 2 aliphatic rings. The number of amides is 4. The summed E-state index contributed by atoms with van der Waals surface area (Å²) < 4.78 is 5.12. The number of urea groups is 1. The molecule has 4 amide bonds. The largest absolute Gasteiger partial charge is 0.497 e. The van der Waals surface area contributed by atoms with Crippen LogP contribution in [0.3, 0.4) is 0 Å². The first-order valence-electron chi connectivity index (χ1n) is 7.44. The van der Waals surface area contributed by atoms with Crippen molar-refractivity contribution in [3.8, 4) is 5.75 Å². The number of Topliss-reactive ketones (excluding diaryl/α,β-unsaturated/α-hetero) is 1. The number of ether oxygens (including phenoxy) is 1. The van der Waals surface area contributed by atoms with Gasteiger partial charge in [-0.25, -0.2) is 4.79 Å². The van der Waals surface area contributed by atoms with Gasteiger partial charge < -0.3 is 15.0 Å². The summed E-state index contributed by atoms with van der Waals surface area (Å²) in [6.45, 7) is 1.58. The number of methoxy groups -OCH3 is 1. The average Bonchev–Trinajstić information content (AvgIpc) is 2.95. The Labute approximate surface area is 138 Å². The van der Waals surface area contributed by atoms with Crippen LogP contribution in [0.1, 0.15) is 29.3 Å². The number of nitrogens with one attached hydrogen (secondary N) is 2. The molecule has 0 saturated carbocycles. The zero-order chi connectivity index (χ0) is 17.5. The predicted molar refractivity (Wildman–Crippen MR) is 82.4 cm³/mol. The molecule has 1 atom stereocenters. The third-order valence-corrected chi connectivity index (χ3v) is 4.22. The van der Waals surface area contributed by atoms with E-state index in [1.54, 1.807) is 18.2 Å². The number of imide groups is 1. The Morgan fingerprint density at radius 2 is 2.08 bits per heavy atom. The molecule has 0 spiro atoms. The highest BCUT2D eigenvalue weighted by Gasteiger charge is 2.49. The molecule has 3 rings (SSSR count). The van der Waals surface area contributed by atoms with E-state index in [4.69, 9.17) is 4.74 Å². The van der Waals surface area contributed by atoms with Gasteiger partial charge in [0.05, 0.1) is 13.7 Å². The minimum Gasteiger partial charge on any atom is -0.497 e. The molecular weight excluding hydrogens is 314 g/mol. The van der Waals surface area contributed by atoms with Gasteiger partial charge >= 0.3 is 6.03 Å². The van der Waals surface area contributed by atoms with Crippen LogP contribution >= 0.6 is 0 Å². The lowest BCUT2D eigenvalue weighted by Crippen LogP contribution is -2.56. The van der Waals surface area contributed by atoms with Crippen LogP contribution in [0, 0.1) is 0 Å². The maximum absolute atomic E-state index is 12.6. The summed E-state index contributed by atoms with van der Waals surface area (Å²) in [6, 6.07) is 4.53. The van der Waals surface area contributed by atoms with Crippen LogP contribution in [0.2, 0.25) is 0 Å². The van der Waals surface area contributed by atoms with E-state index in [9.17, 15) is 19.2 Å². The van der Waals surface area contributed by atoms with Crippen LogP contribution in [-0.4, -0.2) is 47.7 Å². The van der Waals surface area contributed by atoms with Crippen molar-refractivity contribution in [2.24, 2.45) is 0 Å². The van der Waals surface area contributed by atoms with Gasteiger partial charge in [0.2, 0.25) is 0 Å². The fraction of sp³-hybridized carbons (Fsp3) is 0.375. The third kappa shape index (κ3) is 2.60. The molecule has 126 valence electrons. The molecule has 24 heavy (non-hydrogen) atoms. The molecule has 1 saturated heterocycles. The minimum absolute atomic E-state index is 0.0695. The van der Waals surface area contributed by atoms with Crippen LogP contribution < -0.4 is 15.4 Å². The number of carbonyl (C=O) groups excluding carboxylic acids is 4. The normalized spacial score (nSPS) is 22.2. The molecule has 0 aliphatic carbocycles. The maximum Gasteiger partial charge on any atom is 0.322 e. The van der Waals surface area contributed by atoms with Gasteiger partial charge in [0, 0.05) is 18.5 Å². The van der Waals surface area contributed by atoms with Crippen molar-refractivity contribution in [3.05, 3.63) is 29.3 Å². The Hall–Kier alpha value is -2.90. The Bertz CT molecular complexity index is 760. The zero-order valence-corrected chi connectivity index (χ0v) is 13.3. The minimum atomic E-state index is -1.43. The number of nitrogens with zero attached hydrogens (tertiary/aromatic N) is 1. The lowest BCUT2D eigenvalue weighted by Gasteiger charge is -2.30. The van der Waals surface area contributed by atoms with Crippen LogP contribution in [-0.2, 0) is 16.1 Å². The quantitative estimate of drug-likeness (QED) is 0.751. The smallest absolute Gasteiger partial charge is 0.322 e. The number of fused-ring (bicyclic) bond motifs is 1.